The first kappa shape index (κ1) is 22.2. The lowest BCUT2D eigenvalue weighted by molar-refractivity contribution is -0.119. The molecule has 0 saturated carbocycles. The highest BCUT2D eigenvalue weighted by molar-refractivity contribution is 7.17. The van der Waals surface area contributed by atoms with Crippen molar-refractivity contribution in [2.75, 3.05) is 19.3 Å². The molecule has 32 heavy (non-hydrogen) atoms. The topological polar surface area (TPSA) is 102 Å². The van der Waals surface area contributed by atoms with Crippen molar-refractivity contribution < 1.29 is 9.53 Å². The maximum Gasteiger partial charge on any atom is 0.233 e. The molecule has 1 aliphatic rings. The van der Waals surface area contributed by atoms with Gasteiger partial charge in [0.15, 0.2) is 0 Å². The summed E-state index contributed by atoms with van der Waals surface area (Å²) in [5, 5.41) is 16.7. The van der Waals surface area contributed by atoms with Gasteiger partial charge in [-0.15, -0.1) is 10.2 Å². The predicted octanol–water partition coefficient (Wildman–Crippen LogP) is 3.95. The fraction of sp³-hybridized carbons (Fsp3) is 0.375. The van der Waals surface area contributed by atoms with E-state index in [-0.39, 0.29) is 18.1 Å². The van der Waals surface area contributed by atoms with Gasteiger partial charge in [0.05, 0.1) is 18.3 Å². The van der Waals surface area contributed by atoms with Crippen LogP contribution in [0.25, 0.3) is 21.1 Å². The van der Waals surface area contributed by atoms with Crippen LogP contribution < -0.4 is 21.1 Å². The Kier molecular flexibility index (Phi) is 6.72. The zero-order valence-electron chi connectivity index (χ0n) is 18.6. The highest BCUT2D eigenvalue weighted by Gasteiger charge is 2.24. The van der Waals surface area contributed by atoms with E-state index in [1.54, 1.807) is 18.4 Å². The Balaban J connectivity index is 1.60. The Morgan fingerprint density at radius 2 is 2.06 bits per heavy atom. The van der Waals surface area contributed by atoms with E-state index in [4.69, 9.17) is 10.5 Å². The summed E-state index contributed by atoms with van der Waals surface area (Å²) in [5.74, 6) is 0.673. The fourth-order valence-electron chi connectivity index (χ4n) is 4.06. The molecule has 0 bridgehead atoms. The van der Waals surface area contributed by atoms with Crippen molar-refractivity contribution in [2.24, 2.45) is 0 Å². The molecule has 1 amide bonds. The van der Waals surface area contributed by atoms with Crippen molar-refractivity contribution in [3.8, 4) is 26.9 Å². The maximum absolute atomic E-state index is 11.7. The number of fused-ring (bicyclic) bond motifs is 1. The molecule has 1 aliphatic carbocycles. The van der Waals surface area contributed by atoms with E-state index in [0.717, 1.165) is 40.4 Å². The molecule has 0 saturated heterocycles. The number of carbonyl (C=O) groups is 1. The van der Waals surface area contributed by atoms with E-state index in [1.165, 1.54) is 11.1 Å². The Hall–Kier alpha value is -2.97. The zero-order chi connectivity index (χ0) is 22.7. The van der Waals surface area contributed by atoms with Crippen molar-refractivity contribution in [3.63, 3.8) is 0 Å². The summed E-state index contributed by atoms with van der Waals surface area (Å²) in [7, 11) is 1.66. The van der Waals surface area contributed by atoms with E-state index >= 15 is 0 Å². The second-order valence-corrected chi connectivity index (χ2v) is 9.18. The van der Waals surface area contributed by atoms with Gasteiger partial charge in [-0.05, 0) is 62.4 Å². The summed E-state index contributed by atoms with van der Waals surface area (Å²) >= 11 is 1.56. The number of aromatic nitrogens is 2. The minimum atomic E-state index is -0.00821. The molecular weight excluding hydrogens is 422 g/mol. The van der Waals surface area contributed by atoms with E-state index in [9.17, 15) is 4.79 Å². The molecule has 1 atom stereocenters. The number of carbonyl (C=O) groups excluding carboxylic acids is 1. The van der Waals surface area contributed by atoms with Crippen LogP contribution in [0.3, 0.4) is 0 Å². The van der Waals surface area contributed by atoms with Gasteiger partial charge < -0.3 is 21.1 Å². The molecule has 8 heteroatoms. The average molecular weight is 452 g/mol. The van der Waals surface area contributed by atoms with Crippen LogP contribution in [0.5, 0.6) is 5.75 Å². The van der Waals surface area contributed by atoms with Gasteiger partial charge in [0.1, 0.15) is 15.8 Å². The summed E-state index contributed by atoms with van der Waals surface area (Å²) in [5.41, 5.74) is 11.4. The lowest BCUT2D eigenvalue weighted by atomic mass is 9.85. The Morgan fingerprint density at radius 1 is 1.25 bits per heavy atom. The number of ether oxygens (including phenoxy) is 1. The highest BCUT2D eigenvalue weighted by atomic mass is 32.1. The van der Waals surface area contributed by atoms with E-state index in [2.05, 4.69) is 39.0 Å². The van der Waals surface area contributed by atoms with Crippen LogP contribution in [-0.2, 0) is 11.2 Å². The van der Waals surface area contributed by atoms with Gasteiger partial charge in [-0.3, -0.25) is 4.79 Å². The fourth-order valence-corrected chi connectivity index (χ4v) is 4.95. The number of nitrogens with two attached hydrogens (primary N) is 1. The third-order valence-electron chi connectivity index (χ3n) is 5.57. The first-order valence-corrected chi connectivity index (χ1v) is 11.7. The number of hydrogen-bond donors (Lipinski definition) is 3. The molecule has 0 spiro atoms. The summed E-state index contributed by atoms with van der Waals surface area (Å²) < 4.78 is 5.74. The summed E-state index contributed by atoms with van der Waals surface area (Å²) in [4.78, 5) is 11.7. The monoisotopic (exact) mass is 451 g/mol. The van der Waals surface area contributed by atoms with Crippen LogP contribution in [0.2, 0.25) is 0 Å². The van der Waals surface area contributed by atoms with Gasteiger partial charge in [0.2, 0.25) is 5.91 Å². The van der Waals surface area contributed by atoms with Gasteiger partial charge in [0.25, 0.3) is 0 Å². The van der Waals surface area contributed by atoms with E-state index < -0.39 is 0 Å². The number of benzene rings is 2. The Labute approximate surface area is 192 Å². The minimum Gasteiger partial charge on any atom is -0.489 e. The van der Waals surface area contributed by atoms with Crippen molar-refractivity contribution >= 4 is 22.9 Å². The third kappa shape index (κ3) is 4.76. The normalized spacial score (nSPS) is 15.4. The summed E-state index contributed by atoms with van der Waals surface area (Å²) in [6.07, 6.45) is 3.14. The first-order valence-electron chi connectivity index (χ1n) is 10.9. The van der Waals surface area contributed by atoms with Crippen LogP contribution in [0, 0.1) is 0 Å². The molecule has 0 radical (unpaired) electrons. The van der Waals surface area contributed by atoms with Crippen LogP contribution in [0.4, 0.5) is 5.69 Å². The van der Waals surface area contributed by atoms with Gasteiger partial charge in [-0.25, -0.2) is 0 Å². The number of likely N-dealkylation sites (N-methyl/N-ethyl adjacent to an activating group) is 1. The smallest absolute Gasteiger partial charge is 0.233 e. The van der Waals surface area contributed by atoms with E-state index in [0.29, 0.717) is 18.0 Å². The van der Waals surface area contributed by atoms with Crippen LogP contribution >= 0.6 is 11.3 Å². The highest BCUT2D eigenvalue weighted by Crippen LogP contribution is 2.39. The van der Waals surface area contributed by atoms with Crippen LogP contribution in [-0.4, -0.2) is 35.8 Å². The molecule has 1 heterocycles. The van der Waals surface area contributed by atoms with Gasteiger partial charge in [0, 0.05) is 24.2 Å². The van der Waals surface area contributed by atoms with Crippen molar-refractivity contribution in [3.05, 3.63) is 47.5 Å². The quantitative estimate of drug-likeness (QED) is 0.470. The number of nitrogens with one attached hydrogen (secondary N) is 2. The minimum absolute atomic E-state index is 0.00821. The molecule has 168 valence electrons. The number of hydrogen-bond acceptors (Lipinski definition) is 7. The molecule has 0 fully saturated rings. The number of rotatable bonds is 7. The zero-order valence-corrected chi connectivity index (χ0v) is 19.5. The number of amides is 1. The molecule has 4 N–H and O–H groups in total. The van der Waals surface area contributed by atoms with E-state index in [1.807, 2.05) is 32.0 Å². The third-order valence-corrected chi connectivity index (χ3v) is 6.58. The number of anilines is 1. The molecule has 2 aromatic carbocycles. The lowest BCUT2D eigenvalue weighted by Crippen LogP contribution is -2.35. The molecule has 1 aromatic heterocycles. The largest absolute Gasteiger partial charge is 0.489 e. The molecular formula is C24H29N5O2S. The molecule has 4 rings (SSSR count). The molecule has 3 aromatic rings. The van der Waals surface area contributed by atoms with Crippen LogP contribution in [0.15, 0.2) is 36.4 Å². The summed E-state index contributed by atoms with van der Waals surface area (Å²) in [6.45, 7) is 4.26. The summed E-state index contributed by atoms with van der Waals surface area (Å²) in [6, 6.07) is 12.2. The number of nitrogen functional groups attached to an aromatic ring is 1. The lowest BCUT2D eigenvalue weighted by Gasteiger charge is -2.27. The Bertz CT molecular complexity index is 1110. The maximum atomic E-state index is 11.7. The molecule has 0 aliphatic heterocycles. The Morgan fingerprint density at radius 3 is 2.81 bits per heavy atom. The molecule has 7 nitrogen and oxygen atoms in total. The predicted molar refractivity (Wildman–Crippen MR) is 129 cm³/mol. The molecule has 0 unspecified atom stereocenters. The van der Waals surface area contributed by atoms with Crippen LogP contribution in [0.1, 0.15) is 43.9 Å². The van der Waals surface area contributed by atoms with Gasteiger partial charge in [-0.1, -0.05) is 29.5 Å². The first-order chi connectivity index (χ1) is 15.5. The number of nitrogens with zero attached hydrogens (tertiary/aromatic N) is 2. The van der Waals surface area contributed by atoms with Crippen molar-refractivity contribution in [1.82, 2.24) is 20.8 Å². The van der Waals surface area contributed by atoms with Crippen molar-refractivity contribution in [1.29, 1.82) is 0 Å². The van der Waals surface area contributed by atoms with Crippen molar-refractivity contribution in [2.45, 2.75) is 45.3 Å². The standard InChI is InChI=1S/C24H29N5O2S/c1-14(2)31-21-11-10-15(12-19(21)25)23-28-29-24(32-23)18-8-4-7-17-16(18)6-5-9-20(17)27-13-22(30)26-3/h4,7-8,10-12,14,20,27H,5-6,9,13,25H2,1-3H3,(H,26,30)/t20-/m1/s1. The van der Waals surface area contributed by atoms with Gasteiger partial charge >= 0.3 is 0 Å². The second-order valence-electron chi connectivity index (χ2n) is 8.20. The average Bonchev–Trinajstić information content (AvgIpc) is 3.28. The second kappa shape index (κ2) is 9.67. The SMILES string of the molecule is CNC(=O)CN[C@@H]1CCCc2c(-c3nnc(-c4ccc(OC(C)C)c(N)c4)s3)cccc21. The van der Waals surface area contributed by atoms with Gasteiger partial charge in [-0.2, -0.15) is 0 Å².